The number of halogens is 2. The molecule has 0 radical (unpaired) electrons. The fourth-order valence-corrected chi connectivity index (χ4v) is 3.81. The van der Waals surface area contributed by atoms with Crippen molar-refractivity contribution in [1.29, 1.82) is 0 Å². The molecule has 9 heteroatoms. The van der Waals surface area contributed by atoms with Crippen LogP contribution < -0.4 is 10.1 Å². The molecule has 1 aliphatic rings. The number of benzene rings is 2. The number of thioether (sulfide) groups is 1. The summed E-state index contributed by atoms with van der Waals surface area (Å²) in [5.41, 5.74) is 0.879. The lowest BCUT2D eigenvalue weighted by molar-refractivity contribution is -0.127. The summed E-state index contributed by atoms with van der Waals surface area (Å²) in [5.74, 6) is -1.10. The van der Waals surface area contributed by atoms with E-state index in [-0.39, 0.29) is 10.6 Å². The van der Waals surface area contributed by atoms with Crippen LogP contribution in [0.4, 0.5) is 14.9 Å². The number of imide groups is 1. The van der Waals surface area contributed by atoms with Gasteiger partial charge in [-0.25, -0.2) is 4.39 Å². The minimum Gasteiger partial charge on any atom is -0.493 e. The maximum absolute atomic E-state index is 13.2. The average Bonchev–Trinajstić information content (AvgIpc) is 2.91. The van der Waals surface area contributed by atoms with Crippen LogP contribution in [0.25, 0.3) is 6.08 Å². The quantitative estimate of drug-likeness (QED) is 0.610. The molecule has 1 fully saturated rings. The molecule has 1 N–H and O–H groups in total. The van der Waals surface area contributed by atoms with Gasteiger partial charge in [-0.3, -0.25) is 19.3 Å². The van der Waals surface area contributed by atoms with E-state index in [0.29, 0.717) is 17.9 Å². The summed E-state index contributed by atoms with van der Waals surface area (Å²) in [6.45, 7) is 1.83. The Kier molecular flexibility index (Phi) is 6.71. The fourth-order valence-electron chi connectivity index (χ4n) is 2.61. The van der Waals surface area contributed by atoms with Crippen molar-refractivity contribution >= 4 is 56.5 Å². The van der Waals surface area contributed by atoms with Crippen molar-refractivity contribution < 1.29 is 23.5 Å². The average molecular weight is 479 g/mol. The Bertz CT molecular complexity index is 1010. The third-order valence-electron chi connectivity index (χ3n) is 3.84. The molecule has 0 aliphatic carbocycles. The van der Waals surface area contributed by atoms with Gasteiger partial charge in [-0.2, -0.15) is 0 Å². The number of rotatable bonds is 6. The van der Waals surface area contributed by atoms with Gasteiger partial charge in [0.25, 0.3) is 11.1 Å². The molecule has 1 heterocycles. The Morgan fingerprint density at radius 3 is 2.79 bits per heavy atom. The molecule has 2 aromatic carbocycles. The molecule has 0 atom stereocenters. The van der Waals surface area contributed by atoms with Crippen molar-refractivity contribution in [2.24, 2.45) is 0 Å². The molecular formula is C20H16BrFN2O4S. The molecule has 6 nitrogen and oxygen atoms in total. The summed E-state index contributed by atoms with van der Waals surface area (Å²) < 4.78 is 19.6. The van der Waals surface area contributed by atoms with Gasteiger partial charge in [-0.1, -0.05) is 22.0 Å². The van der Waals surface area contributed by atoms with Crippen molar-refractivity contribution in [2.75, 3.05) is 18.5 Å². The van der Waals surface area contributed by atoms with Gasteiger partial charge in [0.2, 0.25) is 5.91 Å². The maximum atomic E-state index is 13.2. The zero-order valence-electron chi connectivity index (χ0n) is 15.3. The predicted octanol–water partition coefficient (Wildman–Crippen LogP) is 4.66. The highest BCUT2D eigenvalue weighted by Gasteiger charge is 2.36. The number of hydrogen-bond acceptors (Lipinski definition) is 5. The van der Waals surface area contributed by atoms with E-state index in [2.05, 4.69) is 21.2 Å². The number of nitrogens with one attached hydrogen (secondary N) is 1. The third-order valence-corrected chi connectivity index (χ3v) is 5.24. The third kappa shape index (κ3) is 5.24. The van der Waals surface area contributed by atoms with Crippen LogP contribution in [-0.2, 0) is 9.59 Å². The van der Waals surface area contributed by atoms with E-state index in [4.69, 9.17) is 4.74 Å². The van der Waals surface area contributed by atoms with E-state index < -0.39 is 29.4 Å². The second-order valence-corrected chi connectivity index (χ2v) is 7.85. The van der Waals surface area contributed by atoms with Crippen LogP contribution in [0.1, 0.15) is 12.5 Å². The number of hydrogen-bond donors (Lipinski definition) is 1. The van der Waals surface area contributed by atoms with Crippen LogP contribution in [0.2, 0.25) is 0 Å². The first kappa shape index (κ1) is 21.1. The largest absolute Gasteiger partial charge is 0.493 e. The Morgan fingerprint density at radius 2 is 2.07 bits per heavy atom. The highest BCUT2D eigenvalue weighted by Crippen LogP contribution is 2.34. The van der Waals surface area contributed by atoms with Crippen LogP contribution >= 0.6 is 27.7 Å². The summed E-state index contributed by atoms with van der Waals surface area (Å²) in [5, 5.41) is 1.92. The number of amides is 3. The zero-order valence-corrected chi connectivity index (χ0v) is 17.7. The normalized spacial score (nSPS) is 15.1. The molecular weight excluding hydrogens is 463 g/mol. The lowest BCUT2D eigenvalue weighted by Gasteiger charge is -2.12. The van der Waals surface area contributed by atoms with E-state index in [1.54, 1.807) is 18.2 Å². The summed E-state index contributed by atoms with van der Waals surface area (Å²) in [4.78, 5) is 38.1. The molecule has 1 aliphatic heterocycles. The molecule has 3 amide bonds. The van der Waals surface area contributed by atoms with Gasteiger partial charge >= 0.3 is 0 Å². The summed E-state index contributed by atoms with van der Waals surface area (Å²) in [6.07, 6.45) is 1.56. The second kappa shape index (κ2) is 9.23. The lowest BCUT2D eigenvalue weighted by atomic mass is 10.2. The number of nitrogens with zero attached hydrogens (tertiary/aromatic N) is 1. The van der Waals surface area contributed by atoms with Gasteiger partial charge in [0.15, 0.2) is 0 Å². The molecule has 1 saturated heterocycles. The minimum atomic E-state index is -0.600. The Morgan fingerprint density at radius 1 is 1.28 bits per heavy atom. The zero-order chi connectivity index (χ0) is 21.0. The van der Waals surface area contributed by atoms with Gasteiger partial charge in [0, 0.05) is 15.7 Å². The minimum absolute atomic E-state index is 0.188. The summed E-state index contributed by atoms with van der Waals surface area (Å²) in [7, 11) is 0. The van der Waals surface area contributed by atoms with Crippen molar-refractivity contribution in [1.82, 2.24) is 4.90 Å². The Hall–Kier alpha value is -2.65. The molecule has 2 aromatic rings. The molecule has 0 saturated carbocycles. The van der Waals surface area contributed by atoms with E-state index in [0.717, 1.165) is 27.2 Å². The summed E-state index contributed by atoms with van der Waals surface area (Å²) in [6, 6.07) is 10.7. The van der Waals surface area contributed by atoms with Gasteiger partial charge in [-0.15, -0.1) is 0 Å². The predicted molar refractivity (Wildman–Crippen MR) is 113 cm³/mol. The van der Waals surface area contributed by atoms with E-state index in [9.17, 15) is 18.8 Å². The number of ether oxygens (including phenoxy) is 1. The molecule has 0 bridgehead atoms. The SMILES string of the molecule is CCOc1ccc(Br)cc1/C=C1/SC(=O)N(CC(=O)Nc2cccc(F)c2)C1=O. The monoisotopic (exact) mass is 478 g/mol. The standard InChI is InChI=1S/C20H16BrFN2O4S/c1-2-28-16-7-6-13(21)8-12(16)9-17-19(26)24(20(27)29-17)11-18(25)23-15-5-3-4-14(22)10-15/h3-10H,2,11H2,1H3,(H,23,25)/b17-9+. The van der Waals surface area contributed by atoms with Crippen LogP contribution in [-0.4, -0.2) is 35.1 Å². The Balaban J connectivity index is 1.75. The van der Waals surface area contributed by atoms with E-state index in [1.807, 2.05) is 13.0 Å². The van der Waals surface area contributed by atoms with Crippen molar-refractivity contribution in [3.8, 4) is 5.75 Å². The second-order valence-electron chi connectivity index (χ2n) is 5.94. The maximum Gasteiger partial charge on any atom is 0.294 e. The molecule has 3 rings (SSSR count). The van der Waals surface area contributed by atoms with Crippen LogP contribution in [0, 0.1) is 5.82 Å². The highest BCUT2D eigenvalue weighted by molar-refractivity contribution is 9.10. The Labute approximate surface area is 179 Å². The van der Waals surface area contributed by atoms with Gasteiger partial charge in [0.1, 0.15) is 18.1 Å². The molecule has 0 aromatic heterocycles. The number of anilines is 1. The molecule has 0 spiro atoms. The van der Waals surface area contributed by atoms with Gasteiger partial charge in [0.05, 0.1) is 11.5 Å². The molecule has 29 heavy (non-hydrogen) atoms. The fraction of sp³-hybridized carbons (Fsp3) is 0.150. The first-order valence-corrected chi connectivity index (χ1v) is 10.2. The summed E-state index contributed by atoms with van der Waals surface area (Å²) >= 11 is 4.12. The lowest BCUT2D eigenvalue weighted by Crippen LogP contribution is -2.36. The molecule has 150 valence electrons. The highest BCUT2D eigenvalue weighted by atomic mass is 79.9. The van der Waals surface area contributed by atoms with Gasteiger partial charge in [-0.05, 0) is 61.2 Å². The van der Waals surface area contributed by atoms with Crippen LogP contribution in [0.3, 0.4) is 0 Å². The van der Waals surface area contributed by atoms with Crippen molar-refractivity contribution in [3.05, 3.63) is 63.2 Å². The van der Waals surface area contributed by atoms with E-state index >= 15 is 0 Å². The first-order valence-electron chi connectivity index (χ1n) is 8.60. The van der Waals surface area contributed by atoms with E-state index in [1.165, 1.54) is 18.2 Å². The smallest absolute Gasteiger partial charge is 0.294 e. The van der Waals surface area contributed by atoms with Crippen molar-refractivity contribution in [2.45, 2.75) is 6.92 Å². The molecule has 0 unspecified atom stereocenters. The van der Waals surface area contributed by atoms with Crippen molar-refractivity contribution in [3.63, 3.8) is 0 Å². The topological polar surface area (TPSA) is 75.7 Å². The number of carbonyl (C=O) groups excluding carboxylic acids is 3. The van der Waals surface area contributed by atoms with Crippen LogP contribution in [0.5, 0.6) is 5.75 Å². The van der Waals surface area contributed by atoms with Crippen LogP contribution in [0.15, 0.2) is 51.8 Å². The first-order chi connectivity index (χ1) is 13.9. The number of carbonyl (C=O) groups is 3. The van der Waals surface area contributed by atoms with Gasteiger partial charge < -0.3 is 10.1 Å².